The molecule has 1 aromatic rings. The maximum absolute atomic E-state index is 12.9. The predicted octanol–water partition coefficient (Wildman–Crippen LogP) is 2.71. The molecule has 0 unspecified atom stereocenters. The van der Waals surface area contributed by atoms with E-state index in [1.807, 2.05) is 30.3 Å². The zero-order valence-electron chi connectivity index (χ0n) is 15.5. The zero-order valence-corrected chi connectivity index (χ0v) is 16.3. The molecule has 7 heteroatoms. The first-order chi connectivity index (χ1) is 12.7. The molecule has 1 aromatic carbocycles. The van der Waals surface area contributed by atoms with E-state index >= 15 is 0 Å². The Morgan fingerprint density at radius 1 is 1.11 bits per heavy atom. The second-order valence-electron chi connectivity index (χ2n) is 8.04. The molecule has 0 N–H and O–H groups in total. The summed E-state index contributed by atoms with van der Waals surface area (Å²) >= 11 is 0. The molecule has 4 aliphatic rings. The maximum atomic E-state index is 12.9. The fourth-order valence-electron chi connectivity index (χ4n) is 4.46. The van der Waals surface area contributed by atoms with Crippen molar-refractivity contribution in [1.82, 2.24) is 4.31 Å². The van der Waals surface area contributed by atoms with E-state index in [9.17, 15) is 18.0 Å². The minimum Gasteiger partial charge on any atom is -0.442 e. The van der Waals surface area contributed by atoms with E-state index in [1.54, 1.807) is 13.8 Å². The lowest BCUT2D eigenvalue weighted by Crippen LogP contribution is -2.39. The van der Waals surface area contributed by atoms with Crippen molar-refractivity contribution in [3.8, 4) is 0 Å². The Morgan fingerprint density at radius 2 is 1.70 bits per heavy atom. The molecule has 27 heavy (non-hydrogen) atoms. The molecule has 144 valence electrons. The zero-order chi connectivity index (χ0) is 19.4. The summed E-state index contributed by atoms with van der Waals surface area (Å²) in [5, 5.41) is 0. The summed E-state index contributed by atoms with van der Waals surface area (Å²) in [7, 11) is -3.89. The van der Waals surface area contributed by atoms with Crippen LogP contribution in [0.15, 0.2) is 40.8 Å². The molecule has 1 amide bonds. The Bertz CT molecular complexity index is 924. The van der Waals surface area contributed by atoms with E-state index < -0.39 is 34.0 Å². The van der Waals surface area contributed by atoms with Gasteiger partial charge in [0.2, 0.25) is 0 Å². The van der Waals surface area contributed by atoms with Crippen molar-refractivity contribution in [3.63, 3.8) is 0 Å². The Morgan fingerprint density at radius 3 is 2.30 bits per heavy atom. The summed E-state index contributed by atoms with van der Waals surface area (Å²) in [6.45, 7) is 2.87. The molecule has 0 saturated heterocycles. The van der Waals surface area contributed by atoms with E-state index in [-0.39, 0.29) is 16.7 Å². The number of carbonyl (C=O) groups excluding carboxylic acids is 2. The quantitative estimate of drug-likeness (QED) is 0.740. The van der Waals surface area contributed by atoms with Crippen molar-refractivity contribution in [2.45, 2.75) is 44.9 Å². The third kappa shape index (κ3) is 2.71. The van der Waals surface area contributed by atoms with Gasteiger partial charge in [-0.2, -0.15) is 4.31 Å². The van der Waals surface area contributed by atoms with Gasteiger partial charge in [-0.1, -0.05) is 30.3 Å². The summed E-state index contributed by atoms with van der Waals surface area (Å²) < 4.78 is 31.9. The molecule has 2 bridgehead atoms. The van der Waals surface area contributed by atoms with E-state index in [0.29, 0.717) is 5.57 Å². The molecule has 0 radical (unpaired) electrons. The summed E-state index contributed by atoms with van der Waals surface area (Å²) in [6.07, 6.45) is 3.34. The number of amides is 1. The largest absolute Gasteiger partial charge is 0.442 e. The molecule has 0 atom stereocenters. The lowest BCUT2D eigenvalue weighted by Gasteiger charge is -2.34. The number of allylic oxidation sites excluding steroid dienone is 1. The number of sulfonamides is 1. The molecular formula is C20H23NO5S. The Kier molecular flexibility index (Phi) is 4.18. The van der Waals surface area contributed by atoms with Crippen molar-refractivity contribution >= 4 is 21.9 Å². The summed E-state index contributed by atoms with van der Waals surface area (Å²) in [5.41, 5.74) is 0.261. The first-order valence-electron chi connectivity index (χ1n) is 9.28. The van der Waals surface area contributed by atoms with Crippen LogP contribution in [0.4, 0.5) is 0 Å². The number of esters is 1. The average Bonchev–Trinajstić information content (AvgIpc) is 2.89. The highest BCUT2D eigenvalue weighted by molar-refractivity contribution is 7.94. The van der Waals surface area contributed by atoms with Gasteiger partial charge in [0.1, 0.15) is 0 Å². The standard InChI is InChI=1S/C20H23NO5S/c1-20(2,15-6-4-3-5-7-15)19(23)26-12-21-18(22)16-13-8-10-14(11-9-13)17(16)27(21,24)25/h3-7,13-14H,8-12H2,1-2H3. The molecular weight excluding hydrogens is 366 g/mol. The van der Waals surface area contributed by atoms with Crippen LogP contribution in [0.5, 0.6) is 0 Å². The second kappa shape index (κ2) is 6.19. The van der Waals surface area contributed by atoms with Gasteiger partial charge < -0.3 is 4.74 Å². The lowest BCUT2D eigenvalue weighted by atomic mass is 9.71. The van der Waals surface area contributed by atoms with Crippen LogP contribution in [-0.2, 0) is 29.8 Å². The molecule has 3 aliphatic carbocycles. The van der Waals surface area contributed by atoms with Gasteiger partial charge >= 0.3 is 5.97 Å². The fourth-order valence-corrected chi connectivity index (χ4v) is 6.39. The van der Waals surface area contributed by atoms with Gasteiger partial charge in [-0.15, -0.1) is 0 Å². The van der Waals surface area contributed by atoms with Crippen molar-refractivity contribution < 1.29 is 22.7 Å². The van der Waals surface area contributed by atoms with Crippen LogP contribution < -0.4 is 0 Å². The second-order valence-corrected chi connectivity index (χ2v) is 9.87. The summed E-state index contributed by atoms with van der Waals surface area (Å²) in [5.74, 6) is -1.12. The van der Waals surface area contributed by atoms with Gasteiger partial charge in [0, 0.05) is 5.57 Å². The number of benzene rings is 1. The van der Waals surface area contributed by atoms with Crippen LogP contribution >= 0.6 is 0 Å². The van der Waals surface area contributed by atoms with Gasteiger partial charge in [0.25, 0.3) is 15.9 Å². The van der Waals surface area contributed by atoms with E-state index in [0.717, 1.165) is 35.6 Å². The number of rotatable bonds is 4. The van der Waals surface area contributed by atoms with Gasteiger partial charge in [-0.3, -0.25) is 9.59 Å². The highest BCUT2D eigenvalue weighted by atomic mass is 32.2. The molecule has 1 saturated carbocycles. The van der Waals surface area contributed by atoms with E-state index in [2.05, 4.69) is 0 Å². The predicted molar refractivity (Wildman–Crippen MR) is 98.7 cm³/mol. The molecule has 1 heterocycles. The van der Waals surface area contributed by atoms with Crippen LogP contribution in [0.25, 0.3) is 0 Å². The van der Waals surface area contributed by atoms with Crippen molar-refractivity contribution in [1.29, 1.82) is 0 Å². The summed E-state index contributed by atoms with van der Waals surface area (Å²) in [6, 6.07) is 9.14. The van der Waals surface area contributed by atoms with Crippen LogP contribution in [0.3, 0.4) is 0 Å². The normalized spacial score (nSPS) is 26.3. The van der Waals surface area contributed by atoms with E-state index in [1.165, 1.54) is 0 Å². The van der Waals surface area contributed by atoms with E-state index in [4.69, 9.17) is 4.74 Å². The average molecular weight is 389 g/mol. The number of ether oxygens (including phenoxy) is 1. The number of carbonyl (C=O) groups is 2. The van der Waals surface area contributed by atoms with Crippen molar-refractivity contribution in [2.75, 3.05) is 6.73 Å². The third-order valence-electron chi connectivity index (χ3n) is 6.12. The van der Waals surface area contributed by atoms with Crippen molar-refractivity contribution in [2.24, 2.45) is 11.8 Å². The molecule has 0 aromatic heterocycles. The molecule has 6 nitrogen and oxygen atoms in total. The minimum absolute atomic E-state index is 0.0220. The van der Waals surface area contributed by atoms with Gasteiger partial charge in [0.05, 0.1) is 10.3 Å². The van der Waals surface area contributed by atoms with Crippen LogP contribution in [0, 0.1) is 11.8 Å². The smallest absolute Gasteiger partial charge is 0.317 e. The molecule has 1 aliphatic heterocycles. The number of hydrogen-bond acceptors (Lipinski definition) is 5. The fraction of sp³-hybridized carbons (Fsp3) is 0.500. The topological polar surface area (TPSA) is 80.8 Å². The Labute approximate surface area is 159 Å². The minimum atomic E-state index is -3.89. The number of hydrogen-bond donors (Lipinski definition) is 0. The SMILES string of the molecule is CC(C)(C(=O)OCN1C(=O)C2=C(C3CCC2CC3)S1(=O)=O)c1ccccc1. The lowest BCUT2D eigenvalue weighted by molar-refractivity contribution is -0.153. The highest BCUT2D eigenvalue weighted by Gasteiger charge is 2.53. The van der Waals surface area contributed by atoms with Crippen molar-refractivity contribution in [3.05, 3.63) is 46.4 Å². The summed E-state index contributed by atoms with van der Waals surface area (Å²) in [4.78, 5) is 25.7. The molecule has 1 fully saturated rings. The molecule has 0 spiro atoms. The van der Waals surface area contributed by atoms with Crippen LogP contribution in [0.2, 0.25) is 0 Å². The monoisotopic (exact) mass is 389 g/mol. The first-order valence-corrected chi connectivity index (χ1v) is 10.7. The van der Waals surface area contributed by atoms with Gasteiger partial charge in [-0.25, -0.2) is 8.42 Å². The molecule has 5 rings (SSSR count). The Hall–Kier alpha value is -2.15. The number of fused-ring (bicyclic) bond motifs is 2. The highest BCUT2D eigenvalue weighted by Crippen LogP contribution is 2.51. The van der Waals surface area contributed by atoms with Gasteiger partial charge in [-0.05, 0) is 56.9 Å². The van der Waals surface area contributed by atoms with Crippen LogP contribution in [-0.4, -0.2) is 31.3 Å². The maximum Gasteiger partial charge on any atom is 0.317 e. The first kappa shape index (κ1) is 18.2. The number of nitrogens with zero attached hydrogens (tertiary/aromatic N) is 1. The third-order valence-corrected chi connectivity index (χ3v) is 8.08. The van der Waals surface area contributed by atoms with Crippen LogP contribution in [0.1, 0.15) is 45.1 Å². The van der Waals surface area contributed by atoms with Gasteiger partial charge in [0.15, 0.2) is 6.73 Å². The Balaban J connectivity index is 1.53.